The van der Waals surface area contributed by atoms with Crippen molar-refractivity contribution in [1.82, 2.24) is 9.97 Å². The van der Waals surface area contributed by atoms with Crippen molar-refractivity contribution in [2.45, 2.75) is 0 Å². The first-order chi connectivity index (χ1) is 5.00. The molecule has 0 saturated carbocycles. The monoisotopic (exact) mass is 165 g/mol. The largest absolute Gasteiger partial charge is 0.529 e. The molecule has 1 heterocycles. The Morgan fingerprint density at radius 1 is 1.18 bits per heavy atom. The van der Waals surface area contributed by atoms with Crippen molar-refractivity contribution in [3.05, 3.63) is 18.3 Å². The summed E-state index contributed by atoms with van der Waals surface area (Å²) in [5.74, 6) is -1.22. The van der Waals surface area contributed by atoms with Gasteiger partial charge in [0.05, 0.1) is 6.20 Å². The van der Waals surface area contributed by atoms with E-state index in [-0.39, 0.29) is 0 Å². The number of aromatic nitrogens is 2. The zero-order chi connectivity index (χ0) is 8.48. The molecule has 1 aromatic heterocycles. The van der Waals surface area contributed by atoms with Crippen molar-refractivity contribution in [2.75, 3.05) is 0 Å². The molecule has 60 valence electrons. The lowest BCUT2D eigenvalue weighted by Gasteiger charge is -2.11. The minimum atomic E-state index is -5.24. The normalized spacial score (nSPS) is 11.6. The molecular weight excluding hydrogens is 163 g/mol. The molecule has 0 fully saturated rings. The lowest BCUT2D eigenvalue weighted by molar-refractivity contribution is 0.492. The molecule has 0 atom stereocenters. The Bertz CT molecular complexity index is 261. The van der Waals surface area contributed by atoms with Gasteiger partial charge in [-0.15, -0.1) is 0 Å². The molecule has 11 heavy (non-hydrogen) atoms. The van der Waals surface area contributed by atoms with Gasteiger partial charge in [-0.25, -0.2) is 0 Å². The van der Waals surface area contributed by atoms with Gasteiger partial charge < -0.3 is 12.9 Å². The van der Waals surface area contributed by atoms with Crippen LogP contribution in [0.3, 0.4) is 0 Å². The summed E-state index contributed by atoms with van der Waals surface area (Å²) in [6.07, 6.45) is 1.11. The van der Waals surface area contributed by atoms with Gasteiger partial charge in [0.25, 0.3) is 0 Å². The Labute approximate surface area is 59.3 Å². The van der Waals surface area contributed by atoms with Crippen LogP contribution >= 0.6 is 0 Å². The van der Waals surface area contributed by atoms with E-state index >= 15 is 0 Å². The van der Waals surface area contributed by atoms with E-state index in [2.05, 4.69) is 9.97 Å². The molecule has 0 amide bonds. The topological polar surface area (TPSA) is 25.8 Å². The maximum absolute atomic E-state index is 12.0. The van der Waals surface area contributed by atoms with E-state index < -0.39 is 18.5 Å². The lowest BCUT2D eigenvalue weighted by Crippen LogP contribution is -2.37. The molecule has 0 unspecified atom stereocenters. The lowest BCUT2D eigenvalue weighted by atomic mass is 9.87. The van der Waals surface area contributed by atoms with Crippen LogP contribution in [0, 0.1) is 5.95 Å². The third kappa shape index (κ3) is 1.89. The Balaban J connectivity index is 3.06. The van der Waals surface area contributed by atoms with Gasteiger partial charge in [-0.3, -0.25) is 9.97 Å². The van der Waals surface area contributed by atoms with E-state index in [0.717, 1.165) is 0 Å². The van der Waals surface area contributed by atoms with Gasteiger partial charge in [0.15, 0.2) is 0 Å². The maximum atomic E-state index is 12.0. The molecule has 2 nitrogen and oxygen atoms in total. The third-order valence-corrected chi connectivity index (χ3v) is 0.959. The van der Waals surface area contributed by atoms with Crippen LogP contribution in [0.1, 0.15) is 0 Å². The fraction of sp³-hybridized carbons (Fsp3) is 0. The van der Waals surface area contributed by atoms with Crippen LogP contribution in [0.5, 0.6) is 0 Å². The predicted molar refractivity (Wildman–Crippen MR) is 30.7 cm³/mol. The van der Waals surface area contributed by atoms with Crippen molar-refractivity contribution in [3.63, 3.8) is 0 Å². The minimum absolute atomic E-state index is 0.489. The highest BCUT2D eigenvalue weighted by atomic mass is 19.4. The summed E-state index contributed by atoms with van der Waals surface area (Å²) in [4.78, 5) is 5.63. The summed E-state index contributed by atoms with van der Waals surface area (Å²) in [7, 11) is 0. The van der Waals surface area contributed by atoms with Crippen LogP contribution in [0.15, 0.2) is 12.4 Å². The van der Waals surface area contributed by atoms with Crippen LogP contribution in [-0.4, -0.2) is 16.9 Å². The van der Waals surface area contributed by atoms with Gasteiger partial charge in [0.2, 0.25) is 5.95 Å². The van der Waals surface area contributed by atoms with E-state index in [1.807, 2.05) is 0 Å². The van der Waals surface area contributed by atoms with Crippen molar-refractivity contribution >= 4 is 12.6 Å². The van der Waals surface area contributed by atoms with E-state index in [4.69, 9.17) is 0 Å². The third-order valence-electron chi connectivity index (χ3n) is 0.959. The number of rotatable bonds is 1. The maximum Gasteiger partial charge on any atom is 0.529 e. The van der Waals surface area contributed by atoms with E-state index in [9.17, 15) is 17.3 Å². The average Bonchev–Trinajstić information content (AvgIpc) is 1.86. The first-order valence-corrected chi connectivity index (χ1v) is 2.67. The van der Waals surface area contributed by atoms with Gasteiger partial charge in [0, 0.05) is 11.8 Å². The van der Waals surface area contributed by atoms with Crippen LogP contribution in [-0.2, 0) is 0 Å². The van der Waals surface area contributed by atoms with Crippen molar-refractivity contribution in [3.8, 4) is 0 Å². The minimum Gasteiger partial charge on any atom is -0.444 e. The van der Waals surface area contributed by atoms with Crippen LogP contribution in [0.4, 0.5) is 17.3 Å². The number of hydrogen-bond donors (Lipinski definition) is 0. The standard InChI is InChI=1S/C4H2BF4N2/c6-4-2-10-1-3(11-4)5(7,8)9/h1-2H/q-1. The highest BCUT2D eigenvalue weighted by Gasteiger charge is 2.28. The average molecular weight is 165 g/mol. The fourth-order valence-corrected chi connectivity index (χ4v) is 0.514. The summed E-state index contributed by atoms with van der Waals surface area (Å²) in [5, 5.41) is 0. The smallest absolute Gasteiger partial charge is 0.444 e. The Morgan fingerprint density at radius 3 is 2.18 bits per heavy atom. The SMILES string of the molecule is Fc1cncc([B-](F)(F)F)n1. The Morgan fingerprint density at radius 2 is 1.82 bits per heavy atom. The van der Waals surface area contributed by atoms with E-state index in [0.29, 0.717) is 12.4 Å². The van der Waals surface area contributed by atoms with Crippen LogP contribution < -0.4 is 5.59 Å². The second-order valence-corrected chi connectivity index (χ2v) is 1.84. The summed E-state index contributed by atoms with van der Waals surface area (Å²) in [5.41, 5.74) is -1.26. The highest BCUT2D eigenvalue weighted by molar-refractivity contribution is 6.72. The molecule has 1 rings (SSSR count). The van der Waals surface area contributed by atoms with Crippen LogP contribution in [0.25, 0.3) is 0 Å². The molecule has 7 heteroatoms. The fourth-order valence-electron chi connectivity index (χ4n) is 0.514. The van der Waals surface area contributed by atoms with E-state index in [1.165, 1.54) is 0 Å². The summed E-state index contributed by atoms with van der Waals surface area (Å²) in [6.45, 7) is -5.24. The van der Waals surface area contributed by atoms with Crippen molar-refractivity contribution < 1.29 is 17.3 Å². The van der Waals surface area contributed by atoms with Crippen LogP contribution in [0.2, 0.25) is 0 Å². The Hall–Kier alpha value is -1.14. The van der Waals surface area contributed by atoms with E-state index in [1.54, 1.807) is 0 Å². The number of hydrogen-bond acceptors (Lipinski definition) is 2. The highest BCUT2D eigenvalue weighted by Crippen LogP contribution is 2.05. The number of halogens is 4. The molecule has 0 aliphatic carbocycles. The quantitative estimate of drug-likeness (QED) is 0.451. The van der Waals surface area contributed by atoms with Crippen molar-refractivity contribution in [1.29, 1.82) is 0 Å². The number of nitrogens with zero attached hydrogens (tertiary/aromatic N) is 2. The zero-order valence-electron chi connectivity index (χ0n) is 5.14. The van der Waals surface area contributed by atoms with Gasteiger partial charge in [-0.05, 0) is 0 Å². The van der Waals surface area contributed by atoms with Crippen molar-refractivity contribution in [2.24, 2.45) is 0 Å². The summed E-state index contributed by atoms with van der Waals surface area (Å²) in [6, 6.07) is 0. The molecular formula is C4H2BF4N2-. The zero-order valence-corrected chi connectivity index (χ0v) is 5.14. The molecule has 0 spiro atoms. The molecule has 0 N–H and O–H groups in total. The molecule has 0 aliphatic rings. The molecule has 0 aliphatic heterocycles. The predicted octanol–water partition coefficient (Wildman–Crippen LogP) is 0.670. The Kier molecular flexibility index (Phi) is 1.80. The molecule has 0 radical (unpaired) electrons. The molecule has 1 aromatic rings. The second kappa shape index (κ2) is 2.48. The van der Waals surface area contributed by atoms with Gasteiger partial charge >= 0.3 is 6.98 Å². The molecule has 0 saturated heterocycles. The first kappa shape index (κ1) is 7.97. The first-order valence-electron chi connectivity index (χ1n) is 2.67. The molecule has 0 bridgehead atoms. The summed E-state index contributed by atoms with van der Waals surface area (Å²) >= 11 is 0. The van der Waals surface area contributed by atoms with Gasteiger partial charge in [0.1, 0.15) is 0 Å². The second-order valence-electron chi connectivity index (χ2n) is 1.84. The van der Waals surface area contributed by atoms with Gasteiger partial charge in [-0.2, -0.15) is 4.39 Å². The molecule has 0 aromatic carbocycles. The van der Waals surface area contributed by atoms with Gasteiger partial charge in [-0.1, -0.05) is 0 Å². The summed E-state index contributed by atoms with van der Waals surface area (Å²) < 4.78 is 47.3.